The minimum absolute atomic E-state index is 0.230. The Morgan fingerprint density at radius 2 is 1.89 bits per heavy atom. The van der Waals surface area contributed by atoms with Gasteiger partial charge in [-0.3, -0.25) is 9.69 Å². The van der Waals surface area contributed by atoms with Gasteiger partial charge in [-0.2, -0.15) is 0 Å². The summed E-state index contributed by atoms with van der Waals surface area (Å²) in [5, 5.41) is 10.3. The molecule has 0 saturated heterocycles. The topological polar surface area (TPSA) is 49.8 Å². The number of nitrogens with zero attached hydrogens (tertiary/aromatic N) is 1. The number of carbonyl (C=O) groups excluding carboxylic acids is 1. The van der Waals surface area contributed by atoms with Crippen molar-refractivity contribution in [2.24, 2.45) is 0 Å². The van der Waals surface area contributed by atoms with Gasteiger partial charge in [-0.05, 0) is 47.6 Å². The van der Waals surface area contributed by atoms with Crippen molar-refractivity contribution in [1.29, 1.82) is 0 Å². The molecule has 0 aromatic rings. The highest BCUT2D eigenvalue weighted by molar-refractivity contribution is 5.75. The molecule has 0 aromatic heterocycles. The zero-order valence-corrected chi connectivity index (χ0v) is 12.3. The van der Waals surface area contributed by atoms with Crippen molar-refractivity contribution in [2.75, 3.05) is 13.6 Å². The van der Waals surface area contributed by atoms with E-state index in [9.17, 15) is 9.90 Å². The number of rotatable bonds is 4. The summed E-state index contributed by atoms with van der Waals surface area (Å²) in [4.78, 5) is 13.8. The van der Waals surface area contributed by atoms with Gasteiger partial charge in [0.1, 0.15) is 11.6 Å². The van der Waals surface area contributed by atoms with Gasteiger partial charge in [0.25, 0.3) is 0 Å². The van der Waals surface area contributed by atoms with Crippen molar-refractivity contribution >= 4 is 5.97 Å². The molecule has 1 fully saturated rings. The number of esters is 1. The number of carbonyl (C=O) groups is 1. The monoisotopic (exact) mass is 257 g/mol. The third-order valence-corrected chi connectivity index (χ3v) is 3.49. The van der Waals surface area contributed by atoms with Gasteiger partial charge in [0, 0.05) is 6.54 Å². The van der Waals surface area contributed by atoms with Gasteiger partial charge in [-0.15, -0.1) is 0 Å². The SMILES string of the molecule is CC(C(=O)OC(C)(C)C)N(C)CC1(O)CCCC1. The van der Waals surface area contributed by atoms with Crippen LogP contribution in [0.1, 0.15) is 53.4 Å². The first-order valence-corrected chi connectivity index (χ1v) is 6.78. The van der Waals surface area contributed by atoms with Crippen molar-refractivity contribution in [2.45, 2.75) is 70.6 Å². The van der Waals surface area contributed by atoms with Crippen molar-refractivity contribution in [3.8, 4) is 0 Å². The molecule has 4 nitrogen and oxygen atoms in total. The first kappa shape index (κ1) is 15.4. The molecule has 4 heteroatoms. The Bertz CT molecular complexity index is 290. The molecular formula is C14H27NO3. The van der Waals surface area contributed by atoms with E-state index in [2.05, 4.69) is 0 Å². The van der Waals surface area contributed by atoms with E-state index in [1.165, 1.54) is 0 Å². The first-order chi connectivity index (χ1) is 8.13. The van der Waals surface area contributed by atoms with Gasteiger partial charge >= 0.3 is 5.97 Å². The van der Waals surface area contributed by atoms with Crippen molar-refractivity contribution in [1.82, 2.24) is 4.90 Å². The fourth-order valence-electron chi connectivity index (χ4n) is 2.36. The molecular weight excluding hydrogens is 230 g/mol. The van der Waals surface area contributed by atoms with Crippen LogP contribution in [0.4, 0.5) is 0 Å². The second-order valence-corrected chi connectivity index (χ2v) is 6.56. The lowest BCUT2D eigenvalue weighted by atomic mass is 10.0. The minimum Gasteiger partial charge on any atom is -0.459 e. The second-order valence-electron chi connectivity index (χ2n) is 6.56. The average molecular weight is 257 g/mol. The molecule has 1 aliphatic rings. The number of ether oxygens (including phenoxy) is 1. The van der Waals surface area contributed by atoms with Crippen LogP contribution in [-0.2, 0) is 9.53 Å². The van der Waals surface area contributed by atoms with Crippen molar-refractivity contribution in [3.63, 3.8) is 0 Å². The summed E-state index contributed by atoms with van der Waals surface area (Å²) in [7, 11) is 1.87. The van der Waals surface area contributed by atoms with Gasteiger partial charge in [0.2, 0.25) is 0 Å². The Kier molecular flexibility index (Phi) is 4.78. The van der Waals surface area contributed by atoms with E-state index in [0.717, 1.165) is 25.7 Å². The maximum atomic E-state index is 11.9. The van der Waals surface area contributed by atoms with E-state index in [-0.39, 0.29) is 12.0 Å². The van der Waals surface area contributed by atoms with E-state index >= 15 is 0 Å². The highest BCUT2D eigenvalue weighted by atomic mass is 16.6. The van der Waals surface area contributed by atoms with Crippen LogP contribution < -0.4 is 0 Å². The van der Waals surface area contributed by atoms with Crippen LogP contribution in [0.15, 0.2) is 0 Å². The normalized spacial score (nSPS) is 21.1. The van der Waals surface area contributed by atoms with Gasteiger partial charge in [0.05, 0.1) is 5.60 Å². The predicted molar refractivity (Wildman–Crippen MR) is 71.4 cm³/mol. The van der Waals surface area contributed by atoms with Gasteiger partial charge < -0.3 is 9.84 Å². The van der Waals surface area contributed by atoms with Crippen LogP contribution in [0, 0.1) is 0 Å². The fraction of sp³-hybridized carbons (Fsp3) is 0.929. The summed E-state index contributed by atoms with van der Waals surface area (Å²) in [6, 6.07) is -0.325. The molecule has 0 amide bonds. The lowest BCUT2D eigenvalue weighted by Gasteiger charge is -2.32. The molecule has 1 saturated carbocycles. The lowest BCUT2D eigenvalue weighted by Crippen LogP contribution is -2.47. The Morgan fingerprint density at radius 1 is 1.39 bits per heavy atom. The maximum absolute atomic E-state index is 11.9. The number of likely N-dealkylation sites (N-methyl/N-ethyl adjacent to an activating group) is 1. The van der Waals surface area contributed by atoms with Crippen molar-refractivity contribution in [3.05, 3.63) is 0 Å². The Hall–Kier alpha value is -0.610. The summed E-state index contributed by atoms with van der Waals surface area (Å²) in [5.41, 5.74) is -1.08. The summed E-state index contributed by atoms with van der Waals surface area (Å²) < 4.78 is 5.36. The zero-order valence-electron chi connectivity index (χ0n) is 12.3. The molecule has 0 aliphatic heterocycles. The zero-order chi connectivity index (χ0) is 14.0. The molecule has 1 aliphatic carbocycles. The maximum Gasteiger partial charge on any atom is 0.323 e. The molecule has 0 bridgehead atoms. The molecule has 0 aromatic carbocycles. The third kappa shape index (κ3) is 4.58. The summed E-state index contributed by atoms with van der Waals surface area (Å²) in [6.07, 6.45) is 3.81. The van der Waals surface area contributed by atoms with Crippen LogP contribution in [0.2, 0.25) is 0 Å². The number of hydrogen-bond donors (Lipinski definition) is 1. The molecule has 1 N–H and O–H groups in total. The van der Waals surface area contributed by atoms with E-state index in [0.29, 0.717) is 6.54 Å². The highest BCUT2D eigenvalue weighted by Gasteiger charge is 2.35. The summed E-state index contributed by atoms with van der Waals surface area (Å²) in [5.74, 6) is -0.230. The minimum atomic E-state index is -0.620. The Labute approximate surface area is 110 Å². The summed E-state index contributed by atoms with van der Waals surface area (Å²) >= 11 is 0. The quantitative estimate of drug-likeness (QED) is 0.782. The average Bonchev–Trinajstić information content (AvgIpc) is 2.60. The molecule has 18 heavy (non-hydrogen) atoms. The molecule has 106 valence electrons. The molecule has 1 rings (SSSR count). The van der Waals surface area contributed by atoms with Crippen LogP contribution in [0.5, 0.6) is 0 Å². The Morgan fingerprint density at radius 3 is 2.33 bits per heavy atom. The third-order valence-electron chi connectivity index (χ3n) is 3.49. The Balaban J connectivity index is 2.50. The largest absolute Gasteiger partial charge is 0.459 e. The second kappa shape index (κ2) is 5.57. The molecule has 0 heterocycles. The van der Waals surface area contributed by atoms with Gasteiger partial charge in [-0.25, -0.2) is 0 Å². The van der Waals surface area contributed by atoms with E-state index in [1.54, 1.807) is 0 Å². The lowest BCUT2D eigenvalue weighted by molar-refractivity contribution is -0.161. The smallest absolute Gasteiger partial charge is 0.323 e. The molecule has 0 radical (unpaired) electrons. The van der Waals surface area contributed by atoms with E-state index in [4.69, 9.17) is 4.74 Å². The van der Waals surface area contributed by atoms with Crippen LogP contribution in [-0.4, -0.2) is 46.8 Å². The standard InChI is InChI=1S/C14H27NO3/c1-11(12(16)18-13(2,3)4)15(5)10-14(17)8-6-7-9-14/h11,17H,6-10H2,1-5H3. The highest BCUT2D eigenvalue weighted by Crippen LogP contribution is 2.30. The van der Waals surface area contributed by atoms with E-state index < -0.39 is 11.2 Å². The first-order valence-electron chi connectivity index (χ1n) is 6.78. The molecule has 0 spiro atoms. The summed E-state index contributed by atoms with van der Waals surface area (Å²) in [6.45, 7) is 7.95. The molecule has 1 unspecified atom stereocenters. The van der Waals surface area contributed by atoms with Gasteiger partial charge in [-0.1, -0.05) is 12.8 Å². The number of hydrogen-bond acceptors (Lipinski definition) is 4. The van der Waals surface area contributed by atoms with Gasteiger partial charge in [0.15, 0.2) is 0 Å². The fourth-order valence-corrected chi connectivity index (χ4v) is 2.36. The van der Waals surface area contributed by atoms with E-state index in [1.807, 2.05) is 39.6 Å². The van der Waals surface area contributed by atoms with Crippen LogP contribution in [0.3, 0.4) is 0 Å². The van der Waals surface area contributed by atoms with Crippen LogP contribution in [0.25, 0.3) is 0 Å². The predicted octanol–water partition coefficient (Wildman–Crippen LogP) is 1.95. The number of aliphatic hydroxyl groups is 1. The van der Waals surface area contributed by atoms with Crippen molar-refractivity contribution < 1.29 is 14.6 Å². The van der Waals surface area contributed by atoms with Crippen LogP contribution >= 0.6 is 0 Å². The molecule has 1 atom stereocenters.